The molecule has 0 aliphatic carbocycles. The summed E-state index contributed by atoms with van der Waals surface area (Å²) in [6.45, 7) is 1.91. The molecule has 0 saturated carbocycles. The Balaban J connectivity index is 1.35. The molecule has 0 spiro atoms. The molecule has 0 aromatic carbocycles. The number of carbonyl (C=O) groups is 3. The van der Waals surface area contributed by atoms with Crippen LogP contribution in [0.1, 0.15) is 12.6 Å². The summed E-state index contributed by atoms with van der Waals surface area (Å²) in [7, 11) is 1.73. The molecule has 2 aliphatic rings. The molecule has 0 radical (unpaired) electrons. The van der Waals surface area contributed by atoms with Crippen LogP contribution in [0.5, 0.6) is 0 Å². The highest BCUT2D eigenvalue weighted by Gasteiger charge is 2.54. The van der Waals surface area contributed by atoms with Gasteiger partial charge < -0.3 is 32.5 Å². The van der Waals surface area contributed by atoms with E-state index in [2.05, 4.69) is 25.5 Å². The number of nitrogens with one attached hydrogen (secondary N) is 1. The number of nitrogen functional groups attached to an aromatic ring is 3. The predicted octanol–water partition coefficient (Wildman–Crippen LogP) is -0.972. The molecule has 19 heteroatoms. The molecular formula is C21H24N11O5S3+. The van der Waals surface area contributed by atoms with Gasteiger partial charge in [-0.05, 0) is 12.5 Å². The number of aryl methyl sites for hydroxylation is 1. The van der Waals surface area contributed by atoms with Crippen molar-refractivity contribution < 1.29 is 28.9 Å². The Morgan fingerprint density at radius 2 is 2.12 bits per heavy atom. The van der Waals surface area contributed by atoms with Gasteiger partial charge in [0.15, 0.2) is 10.8 Å². The molecule has 5 rings (SSSR count). The number of carbonyl (C=O) groups excluding carboxylic acids is 2. The van der Waals surface area contributed by atoms with E-state index >= 15 is 0 Å². The first-order valence-electron chi connectivity index (χ1n) is 11.7. The lowest BCUT2D eigenvalue weighted by atomic mass is 10.0. The Bertz CT molecular complexity index is 1600. The van der Waals surface area contributed by atoms with Crippen LogP contribution in [0.3, 0.4) is 0 Å². The van der Waals surface area contributed by atoms with Crippen LogP contribution in [0, 0.1) is 0 Å². The molecule has 5 heterocycles. The zero-order valence-corrected chi connectivity index (χ0v) is 23.5. The molecular weight excluding hydrogens is 583 g/mol. The number of amides is 2. The second-order valence-corrected chi connectivity index (χ2v) is 11.4. The summed E-state index contributed by atoms with van der Waals surface area (Å²) in [6.07, 6.45) is 0. The first kappa shape index (κ1) is 27.5. The summed E-state index contributed by atoms with van der Waals surface area (Å²) in [4.78, 5) is 53.1. The monoisotopic (exact) mass is 606 g/mol. The quantitative estimate of drug-likeness (QED) is 0.0493. The fourth-order valence-corrected chi connectivity index (χ4v) is 7.07. The molecule has 8 N–H and O–H groups in total. The SMILES string of the molecule is CCO/N=C(\C(=O)NC1C(=O)N2C(C(=O)O)=C(CSc3nc(N)cc4n3nc(N)[n+]4C)CS[C@H]12)c1csc(N)n1. The molecule has 1 unspecified atom stereocenters. The summed E-state index contributed by atoms with van der Waals surface area (Å²) >= 11 is 3.68. The van der Waals surface area contributed by atoms with Gasteiger partial charge in [0.1, 0.15) is 35.2 Å². The average Bonchev–Trinajstić information content (AvgIpc) is 3.47. The normalized spacial score (nSPS) is 19.0. The van der Waals surface area contributed by atoms with E-state index in [0.717, 1.165) is 11.3 Å². The number of anilines is 3. The lowest BCUT2D eigenvalue weighted by molar-refractivity contribution is -0.631. The number of nitrogens with two attached hydrogens (primary N) is 3. The minimum absolute atomic E-state index is 0.132. The number of carboxylic acid groups (broad SMARTS) is 1. The fraction of sp³-hybridized carbons (Fsp3) is 0.333. The fourth-order valence-electron chi connectivity index (χ4n) is 4.08. The third kappa shape index (κ3) is 4.86. The van der Waals surface area contributed by atoms with E-state index in [1.807, 2.05) is 0 Å². The highest BCUT2D eigenvalue weighted by atomic mass is 32.2. The van der Waals surface area contributed by atoms with E-state index < -0.39 is 29.2 Å². The number of aliphatic carboxylic acids is 1. The average molecular weight is 607 g/mol. The number of aromatic nitrogens is 5. The third-order valence-corrected chi connectivity index (χ3v) is 8.99. The molecule has 3 aromatic rings. The van der Waals surface area contributed by atoms with Gasteiger partial charge >= 0.3 is 11.9 Å². The summed E-state index contributed by atoms with van der Waals surface area (Å²) in [5, 5.41) is 22.3. The summed E-state index contributed by atoms with van der Waals surface area (Å²) in [5.74, 6) is -1.50. The van der Waals surface area contributed by atoms with Gasteiger partial charge in [-0.1, -0.05) is 21.4 Å². The van der Waals surface area contributed by atoms with Gasteiger partial charge in [-0.15, -0.1) is 23.1 Å². The van der Waals surface area contributed by atoms with Crippen molar-refractivity contribution in [3.63, 3.8) is 0 Å². The number of nitrogens with zero attached hydrogens (tertiary/aromatic N) is 7. The summed E-state index contributed by atoms with van der Waals surface area (Å²) < 4.78 is 3.17. The molecule has 2 atom stereocenters. The summed E-state index contributed by atoms with van der Waals surface area (Å²) in [5.41, 5.74) is 18.6. The third-order valence-electron chi connectivity index (χ3n) is 5.97. The maximum absolute atomic E-state index is 13.1. The van der Waals surface area contributed by atoms with Crippen LogP contribution in [-0.2, 0) is 26.3 Å². The maximum Gasteiger partial charge on any atom is 0.376 e. The Morgan fingerprint density at radius 3 is 2.80 bits per heavy atom. The number of thiazole rings is 1. The van der Waals surface area contributed by atoms with Gasteiger partial charge in [0, 0.05) is 28.1 Å². The number of fused-ring (bicyclic) bond motifs is 2. The van der Waals surface area contributed by atoms with Crippen LogP contribution in [0.4, 0.5) is 16.9 Å². The zero-order valence-electron chi connectivity index (χ0n) is 21.1. The van der Waals surface area contributed by atoms with Crippen molar-refractivity contribution in [3.05, 3.63) is 28.4 Å². The minimum Gasteiger partial charge on any atom is -0.477 e. The largest absolute Gasteiger partial charge is 0.477 e. The van der Waals surface area contributed by atoms with Gasteiger partial charge in [-0.2, -0.15) is 4.98 Å². The number of thioether (sulfide) groups is 2. The molecule has 1 fully saturated rings. The molecule has 1 saturated heterocycles. The van der Waals surface area contributed by atoms with Crippen LogP contribution in [0.15, 0.2) is 33.0 Å². The van der Waals surface area contributed by atoms with Crippen LogP contribution in [0.25, 0.3) is 5.65 Å². The van der Waals surface area contributed by atoms with Gasteiger partial charge in [-0.25, -0.2) is 14.3 Å². The first-order valence-corrected chi connectivity index (χ1v) is 14.6. The van der Waals surface area contributed by atoms with Gasteiger partial charge in [-0.3, -0.25) is 14.5 Å². The van der Waals surface area contributed by atoms with E-state index in [1.54, 1.807) is 30.0 Å². The molecule has 2 amide bonds. The Hall–Kier alpha value is -4.10. The predicted molar refractivity (Wildman–Crippen MR) is 148 cm³/mol. The first-order chi connectivity index (χ1) is 19.1. The number of oxime groups is 1. The summed E-state index contributed by atoms with van der Waals surface area (Å²) in [6, 6.07) is 0.656. The highest BCUT2D eigenvalue weighted by Crippen LogP contribution is 2.41. The number of carboxylic acids is 1. The Kier molecular flexibility index (Phi) is 7.43. The highest BCUT2D eigenvalue weighted by molar-refractivity contribution is 8.01. The van der Waals surface area contributed by atoms with Crippen molar-refractivity contribution >= 4 is 80.9 Å². The second-order valence-electron chi connectivity index (χ2n) is 8.49. The van der Waals surface area contributed by atoms with E-state index in [9.17, 15) is 19.5 Å². The molecule has 16 nitrogen and oxygen atoms in total. The van der Waals surface area contributed by atoms with E-state index in [-0.39, 0.29) is 46.4 Å². The lowest BCUT2D eigenvalue weighted by Crippen LogP contribution is -2.71. The second kappa shape index (κ2) is 10.8. The lowest BCUT2D eigenvalue weighted by Gasteiger charge is -2.49. The number of β-lactam (4-membered cyclic amide) rings is 1. The number of rotatable bonds is 9. The van der Waals surface area contributed by atoms with Crippen molar-refractivity contribution in [1.82, 2.24) is 29.8 Å². The standard InChI is InChI=1S/C21H23N11O5S3/c1-3-37-29-12(9-7-39-20(24)25-9)15(33)27-13-16(34)31-14(18(35)36)8(5-38-17(13)31)6-40-21-26-10(22)4-11-30(2)19(23)28-32(11)21/h4,7,13,17,22H,3,5-6H2,1-2H3,(H6,23,24,25,27,28,33,35,36)/p+1/b29-12-/t13?,17-/m1/s1. The van der Waals surface area contributed by atoms with Crippen molar-refractivity contribution in [3.8, 4) is 0 Å². The van der Waals surface area contributed by atoms with Crippen LogP contribution < -0.4 is 27.1 Å². The van der Waals surface area contributed by atoms with Crippen LogP contribution in [-0.4, -0.2) is 82.6 Å². The van der Waals surface area contributed by atoms with Gasteiger partial charge in [0.25, 0.3) is 11.8 Å². The van der Waals surface area contributed by atoms with E-state index in [1.165, 1.54) is 32.9 Å². The van der Waals surface area contributed by atoms with Crippen molar-refractivity contribution in [2.75, 3.05) is 35.3 Å². The number of hydrogen-bond acceptors (Lipinski definition) is 14. The molecule has 40 heavy (non-hydrogen) atoms. The van der Waals surface area contributed by atoms with E-state index in [4.69, 9.17) is 22.0 Å². The Labute approximate surface area is 238 Å². The van der Waals surface area contributed by atoms with Gasteiger partial charge in [0.2, 0.25) is 10.8 Å². The minimum atomic E-state index is -1.25. The zero-order chi connectivity index (χ0) is 28.7. The number of hydrogen-bond donors (Lipinski definition) is 5. The van der Waals surface area contributed by atoms with Gasteiger partial charge in [0.05, 0.1) is 7.05 Å². The smallest absolute Gasteiger partial charge is 0.376 e. The Morgan fingerprint density at radius 1 is 1.35 bits per heavy atom. The molecule has 3 aromatic heterocycles. The topological polar surface area (TPSA) is 233 Å². The van der Waals surface area contributed by atoms with Crippen molar-refractivity contribution in [2.24, 2.45) is 12.2 Å². The molecule has 0 bridgehead atoms. The van der Waals surface area contributed by atoms with Crippen molar-refractivity contribution in [1.29, 1.82) is 0 Å². The van der Waals surface area contributed by atoms with Crippen LogP contribution >= 0.6 is 34.9 Å². The molecule has 2 aliphatic heterocycles. The van der Waals surface area contributed by atoms with Crippen LogP contribution in [0.2, 0.25) is 0 Å². The molecule has 210 valence electrons. The van der Waals surface area contributed by atoms with Crippen molar-refractivity contribution in [2.45, 2.75) is 23.5 Å². The maximum atomic E-state index is 13.1. The van der Waals surface area contributed by atoms with E-state index in [0.29, 0.717) is 22.1 Å².